The minimum atomic E-state index is -0.741. The van der Waals surface area contributed by atoms with Crippen LogP contribution < -0.4 is 20.7 Å². The maximum atomic E-state index is 13.6. The van der Waals surface area contributed by atoms with Gasteiger partial charge in [-0.1, -0.05) is 0 Å². The maximum Gasteiger partial charge on any atom is 0.245 e. The van der Waals surface area contributed by atoms with Crippen molar-refractivity contribution in [1.82, 2.24) is 5.32 Å². The molecule has 0 unspecified atom stereocenters. The summed E-state index contributed by atoms with van der Waals surface area (Å²) in [5.41, 5.74) is 6.03. The van der Waals surface area contributed by atoms with Crippen LogP contribution in [0.2, 0.25) is 0 Å². The molecule has 5 nitrogen and oxygen atoms in total. The Morgan fingerprint density at radius 1 is 1.47 bits per heavy atom. The Morgan fingerprint density at radius 3 is 2.79 bits per heavy atom. The topological polar surface area (TPSA) is 67.6 Å². The molecule has 0 saturated carbocycles. The molecule has 0 atom stereocenters. The highest BCUT2D eigenvalue weighted by Gasteiger charge is 2.38. The minimum Gasteiger partial charge on any atom is -0.494 e. The van der Waals surface area contributed by atoms with Crippen LogP contribution in [0.25, 0.3) is 0 Å². The van der Waals surface area contributed by atoms with Crippen LogP contribution in [0.4, 0.5) is 15.8 Å². The van der Waals surface area contributed by atoms with E-state index in [4.69, 9.17) is 10.5 Å². The quantitative estimate of drug-likeness (QED) is 0.788. The third-order valence-corrected chi connectivity index (χ3v) is 3.44. The zero-order chi connectivity index (χ0) is 14.2. The van der Waals surface area contributed by atoms with E-state index in [1.54, 1.807) is 13.8 Å². The first kappa shape index (κ1) is 13.5. The lowest BCUT2D eigenvalue weighted by Gasteiger charge is -2.43. The van der Waals surface area contributed by atoms with Gasteiger partial charge in [0.05, 0.1) is 18.5 Å². The van der Waals surface area contributed by atoms with Gasteiger partial charge in [-0.05, 0) is 13.8 Å². The predicted molar refractivity (Wildman–Crippen MR) is 71.8 cm³/mol. The number of nitrogens with two attached hydrogens (primary N) is 1. The maximum absolute atomic E-state index is 13.6. The van der Waals surface area contributed by atoms with Crippen molar-refractivity contribution in [2.75, 3.05) is 30.8 Å². The van der Waals surface area contributed by atoms with Gasteiger partial charge in [0.1, 0.15) is 5.54 Å². The molecule has 2 rings (SSSR count). The van der Waals surface area contributed by atoms with Gasteiger partial charge in [-0.3, -0.25) is 4.79 Å². The Labute approximate surface area is 111 Å². The van der Waals surface area contributed by atoms with Crippen LogP contribution in [0, 0.1) is 5.82 Å². The van der Waals surface area contributed by atoms with Crippen molar-refractivity contribution in [3.63, 3.8) is 0 Å². The molecular weight excluding hydrogens is 249 g/mol. The van der Waals surface area contributed by atoms with E-state index in [1.807, 2.05) is 4.90 Å². The third-order valence-electron chi connectivity index (χ3n) is 3.44. The fraction of sp³-hybridized carbons (Fsp3) is 0.462. The van der Waals surface area contributed by atoms with Crippen LogP contribution in [0.15, 0.2) is 12.1 Å². The van der Waals surface area contributed by atoms with Gasteiger partial charge >= 0.3 is 0 Å². The Balaban J connectivity index is 2.48. The van der Waals surface area contributed by atoms with E-state index in [0.717, 1.165) is 0 Å². The van der Waals surface area contributed by atoms with E-state index in [2.05, 4.69) is 5.32 Å². The summed E-state index contributed by atoms with van der Waals surface area (Å²) >= 11 is 0. The zero-order valence-corrected chi connectivity index (χ0v) is 11.3. The number of halogens is 1. The number of rotatable bonds is 2. The fourth-order valence-electron chi connectivity index (χ4n) is 2.27. The number of carbonyl (C=O) groups excluding carboxylic acids is 1. The summed E-state index contributed by atoms with van der Waals surface area (Å²) in [6.45, 7) is 4.74. The molecule has 6 heteroatoms. The second-order valence-electron chi connectivity index (χ2n) is 5.01. The predicted octanol–water partition coefficient (Wildman–Crippen LogP) is 1.13. The molecule has 1 aromatic carbocycles. The highest BCUT2D eigenvalue weighted by molar-refractivity contribution is 5.91. The summed E-state index contributed by atoms with van der Waals surface area (Å²) in [5, 5.41) is 2.80. The number of hydrogen-bond donors (Lipinski definition) is 2. The van der Waals surface area contributed by atoms with Crippen LogP contribution in [-0.2, 0) is 4.79 Å². The van der Waals surface area contributed by atoms with Gasteiger partial charge in [-0.2, -0.15) is 0 Å². The van der Waals surface area contributed by atoms with Crippen molar-refractivity contribution >= 4 is 17.3 Å². The molecule has 1 aliphatic heterocycles. The highest BCUT2D eigenvalue weighted by Crippen LogP contribution is 2.35. The zero-order valence-electron chi connectivity index (χ0n) is 11.3. The number of nitrogen functional groups attached to an aromatic ring is 1. The first-order chi connectivity index (χ1) is 8.87. The lowest BCUT2D eigenvalue weighted by molar-refractivity contribution is -0.126. The second kappa shape index (κ2) is 4.60. The average molecular weight is 267 g/mol. The highest BCUT2D eigenvalue weighted by atomic mass is 19.1. The summed E-state index contributed by atoms with van der Waals surface area (Å²) in [6, 6.07) is 2.75. The number of amides is 1. The smallest absolute Gasteiger partial charge is 0.245 e. The van der Waals surface area contributed by atoms with E-state index in [-0.39, 0.29) is 11.7 Å². The van der Waals surface area contributed by atoms with Gasteiger partial charge in [0.25, 0.3) is 0 Å². The van der Waals surface area contributed by atoms with Crippen LogP contribution in [0.1, 0.15) is 13.8 Å². The Kier molecular flexibility index (Phi) is 3.26. The van der Waals surface area contributed by atoms with Crippen molar-refractivity contribution in [2.45, 2.75) is 19.4 Å². The minimum absolute atomic E-state index is 0.0820. The molecule has 19 heavy (non-hydrogen) atoms. The number of benzene rings is 1. The van der Waals surface area contributed by atoms with Crippen LogP contribution >= 0.6 is 0 Å². The number of hydrogen-bond acceptors (Lipinski definition) is 4. The average Bonchev–Trinajstić information content (AvgIpc) is 2.34. The summed E-state index contributed by atoms with van der Waals surface area (Å²) in [5.74, 6) is -0.476. The van der Waals surface area contributed by atoms with Gasteiger partial charge in [0.2, 0.25) is 5.91 Å². The molecule has 1 aromatic rings. The largest absolute Gasteiger partial charge is 0.494 e. The van der Waals surface area contributed by atoms with Gasteiger partial charge in [0, 0.05) is 25.2 Å². The lowest BCUT2D eigenvalue weighted by atomic mass is 9.97. The molecule has 104 valence electrons. The first-order valence-electron chi connectivity index (χ1n) is 6.07. The Morgan fingerprint density at radius 2 is 2.16 bits per heavy atom. The van der Waals surface area contributed by atoms with Crippen LogP contribution in [0.3, 0.4) is 0 Å². The van der Waals surface area contributed by atoms with E-state index in [0.29, 0.717) is 24.5 Å². The van der Waals surface area contributed by atoms with Crippen molar-refractivity contribution in [3.8, 4) is 5.75 Å². The van der Waals surface area contributed by atoms with Gasteiger partial charge in [0.15, 0.2) is 11.6 Å². The molecule has 1 saturated heterocycles. The Hall–Kier alpha value is -1.98. The molecule has 3 N–H and O–H groups in total. The Bertz CT molecular complexity index is 517. The summed E-state index contributed by atoms with van der Waals surface area (Å²) in [6.07, 6.45) is 0. The van der Waals surface area contributed by atoms with Crippen LogP contribution in [-0.4, -0.2) is 31.6 Å². The monoisotopic (exact) mass is 267 g/mol. The van der Waals surface area contributed by atoms with Crippen molar-refractivity contribution in [2.24, 2.45) is 0 Å². The number of nitrogens with zero attached hydrogens (tertiary/aromatic N) is 1. The van der Waals surface area contributed by atoms with E-state index in [9.17, 15) is 9.18 Å². The van der Waals surface area contributed by atoms with Crippen molar-refractivity contribution < 1.29 is 13.9 Å². The molecule has 1 fully saturated rings. The first-order valence-corrected chi connectivity index (χ1v) is 6.07. The number of piperazine rings is 1. The SMILES string of the molecule is COc1cc(N2CCNC(=O)C2(C)C)c(N)cc1F. The van der Waals surface area contributed by atoms with Crippen molar-refractivity contribution in [3.05, 3.63) is 17.9 Å². The number of methoxy groups -OCH3 is 1. The molecule has 0 radical (unpaired) electrons. The van der Waals surface area contributed by atoms with Gasteiger partial charge in [-0.25, -0.2) is 4.39 Å². The molecule has 0 aliphatic carbocycles. The van der Waals surface area contributed by atoms with Crippen LogP contribution in [0.5, 0.6) is 5.75 Å². The fourth-order valence-corrected chi connectivity index (χ4v) is 2.27. The van der Waals surface area contributed by atoms with E-state index >= 15 is 0 Å². The molecule has 1 heterocycles. The molecule has 1 aliphatic rings. The standard InChI is InChI=1S/C13H18FN3O2/c1-13(2)12(18)16-4-5-17(13)10-7-11(19-3)8(14)6-9(10)15/h6-7H,4-5,15H2,1-3H3,(H,16,18). The summed E-state index contributed by atoms with van der Waals surface area (Å²) in [4.78, 5) is 13.8. The lowest BCUT2D eigenvalue weighted by Crippen LogP contribution is -2.62. The molecule has 0 spiro atoms. The number of anilines is 2. The van der Waals surface area contributed by atoms with Gasteiger partial charge < -0.3 is 20.7 Å². The summed E-state index contributed by atoms with van der Waals surface area (Å²) < 4.78 is 18.5. The van der Waals surface area contributed by atoms with Crippen molar-refractivity contribution in [1.29, 1.82) is 0 Å². The third kappa shape index (κ3) is 2.18. The molecule has 0 bridgehead atoms. The number of nitrogens with one attached hydrogen (secondary N) is 1. The molecular formula is C13H18FN3O2. The van der Waals surface area contributed by atoms with E-state index < -0.39 is 11.4 Å². The number of carbonyl (C=O) groups is 1. The number of ether oxygens (including phenoxy) is 1. The normalized spacial score (nSPS) is 18.1. The van der Waals surface area contributed by atoms with Gasteiger partial charge in [-0.15, -0.1) is 0 Å². The molecule has 0 aromatic heterocycles. The second-order valence-corrected chi connectivity index (χ2v) is 5.01. The summed E-state index contributed by atoms with van der Waals surface area (Å²) in [7, 11) is 1.40. The van der Waals surface area contributed by atoms with E-state index in [1.165, 1.54) is 19.2 Å². The molecule has 1 amide bonds.